The van der Waals surface area contributed by atoms with Gasteiger partial charge in [0.05, 0.1) is 68.9 Å². The van der Waals surface area contributed by atoms with Crippen molar-refractivity contribution in [1.82, 2.24) is 29.6 Å². The highest BCUT2D eigenvalue weighted by Crippen LogP contribution is 2.46. The van der Waals surface area contributed by atoms with Crippen LogP contribution in [0, 0.1) is 23.3 Å². The predicted molar refractivity (Wildman–Crippen MR) is 314 cm³/mol. The van der Waals surface area contributed by atoms with Gasteiger partial charge in [0, 0.05) is 107 Å². The smallest absolute Gasteiger partial charge is 0.335 e. The molecule has 0 spiro atoms. The van der Waals surface area contributed by atoms with Crippen LogP contribution in [0.3, 0.4) is 0 Å². The number of hydrogen-bond acceptors (Lipinski definition) is 13. The molecule has 4 aromatic carbocycles. The molecule has 486 valence electrons. The number of likely N-dealkylation sites (tertiary alicyclic amines) is 2. The molecule has 0 amide bonds. The van der Waals surface area contributed by atoms with E-state index in [1.54, 1.807) is 27.7 Å². The number of H-pyrrole nitrogens is 2. The molecule has 0 radical (unpaired) electrons. The molecule has 16 nitrogen and oxygen atoms in total. The molecule has 0 saturated carbocycles. The molecule has 0 bridgehead atoms. The summed E-state index contributed by atoms with van der Waals surface area (Å²) in [6, 6.07) is 16.5. The molecule has 2 fully saturated rings. The molecule has 11 N–H and O–H groups in total. The van der Waals surface area contributed by atoms with Crippen molar-refractivity contribution in [2.24, 2.45) is 0 Å². The van der Waals surface area contributed by atoms with E-state index in [2.05, 4.69) is 30.4 Å². The number of carboxylic acids is 1. The number of hydrogen-bond donors (Lipinski definition) is 11. The maximum Gasteiger partial charge on any atom is 0.335 e. The molecule has 6 aromatic rings. The highest BCUT2D eigenvalue weighted by atomic mass is 19.3. The summed E-state index contributed by atoms with van der Waals surface area (Å²) in [7, 11) is 0. The van der Waals surface area contributed by atoms with E-state index in [9.17, 15) is 41.4 Å². The van der Waals surface area contributed by atoms with E-state index in [4.69, 9.17) is 25.5 Å². The molecule has 26 heteroatoms. The number of aromatic amines is 2. The lowest BCUT2D eigenvalue weighted by Gasteiger charge is -2.42. The Kier molecular flexibility index (Phi) is 23.8. The van der Waals surface area contributed by atoms with Gasteiger partial charge < -0.3 is 56.3 Å². The first-order chi connectivity index (χ1) is 41.6. The molecule has 0 aliphatic carbocycles. The van der Waals surface area contributed by atoms with Crippen molar-refractivity contribution in [3.63, 3.8) is 0 Å². The van der Waals surface area contributed by atoms with Gasteiger partial charge in [-0.25, -0.2) is 39.9 Å². The van der Waals surface area contributed by atoms with Crippen molar-refractivity contribution in [3.8, 4) is 0 Å². The van der Waals surface area contributed by atoms with Crippen LogP contribution in [0.2, 0.25) is 0 Å². The third-order valence-corrected chi connectivity index (χ3v) is 16.3. The summed E-state index contributed by atoms with van der Waals surface area (Å²) < 4.78 is 145. The molecule has 2 aromatic heterocycles. The number of aromatic nitrogens is 2. The zero-order valence-electron chi connectivity index (χ0n) is 49.6. The zero-order chi connectivity index (χ0) is 64.5. The molecule has 88 heavy (non-hydrogen) atoms. The SMILES string of the molecule is C[C@@H]1Cc2c([nH]c3ccccc23)[C@@H](c2c(F)cc(NC3CN(CCCF)C3)cc2F)N1CC(F)(F)CO.C[C@@H]1Cc2c([nH]c3ccccc23)[C@@H](c2c(F)cc(NC3CN(CCCF)C3)cc2F)N1CC(F)(F)CO.C[C@H](O)[C@@H](O)C(=O)O.C[C@H](O)[C@H](C)O. The minimum Gasteiger partial charge on any atom is -0.479 e. The topological polar surface area (TPSA) is 227 Å². The second-order valence-electron chi connectivity index (χ2n) is 23.4. The van der Waals surface area contributed by atoms with Crippen molar-refractivity contribution in [2.45, 2.75) is 133 Å². The molecule has 2 saturated heterocycles. The summed E-state index contributed by atoms with van der Waals surface area (Å²) in [4.78, 5) is 23.0. The van der Waals surface area contributed by atoms with Crippen LogP contribution in [0.5, 0.6) is 0 Å². The molecule has 8 atom stereocenters. The van der Waals surface area contributed by atoms with Gasteiger partial charge in [-0.1, -0.05) is 36.4 Å². The highest BCUT2D eigenvalue weighted by molar-refractivity contribution is 5.86. The third-order valence-electron chi connectivity index (χ3n) is 16.3. The molecule has 0 unspecified atom stereocenters. The van der Waals surface area contributed by atoms with E-state index in [1.165, 1.54) is 41.0 Å². The number of anilines is 2. The van der Waals surface area contributed by atoms with E-state index in [0.29, 0.717) is 76.3 Å². The van der Waals surface area contributed by atoms with Crippen molar-refractivity contribution in [2.75, 3.05) is 89.6 Å². The van der Waals surface area contributed by atoms with Crippen LogP contribution in [-0.4, -0.2) is 211 Å². The van der Waals surface area contributed by atoms with Gasteiger partial charge in [-0.05, 0) is 108 Å². The van der Waals surface area contributed by atoms with E-state index >= 15 is 17.6 Å². The average molecular weight is 1260 g/mol. The Hall–Kier alpha value is -6.07. The van der Waals surface area contributed by atoms with Gasteiger partial charge in [0.2, 0.25) is 0 Å². The van der Waals surface area contributed by atoms with Crippen molar-refractivity contribution >= 4 is 39.1 Å². The van der Waals surface area contributed by atoms with Crippen molar-refractivity contribution in [3.05, 3.63) is 130 Å². The molecule has 10 rings (SSSR count). The van der Waals surface area contributed by atoms with Gasteiger partial charge in [-0.3, -0.25) is 28.4 Å². The molecular weight excluding hydrogens is 1170 g/mol. The lowest BCUT2D eigenvalue weighted by atomic mass is 9.87. The molecule has 4 aliphatic heterocycles. The number of aliphatic hydroxyl groups excluding tert-OH is 6. The number of fused-ring (bicyclic) bond motifs is 6. The second-order valence-corrected chi connectivity index (χ2v) is 23.4. The fraction of sp³-hybridized carbons (Fsp3) is 0.532. The average Bonchev–Trinajstić information content (AvgIpc) is 1.50. The zero-order valence-corrected chi connectivity index (χ0v) is 49.6. The van der Waals surface area contributed by atoms with Crippen LogP contribution in [0.15, 0.2) is 72.8 Å². The Balaban J connectivity index is 0.000000206. The maximum absolute atomic E-state index is 15.7. The van der Waals surface area contributed by atoms with Gasteiger partial charge in [0.25, 0.3) is 11.8 Å². The highest BCUT2D eigenvalue weighted by Gasteiger charge is 2.46. The largest absolute Gasteiger partial charge is 0.479 e. The number of aliphatic hydroxyl groups is 6. The minimum absolute atomic E-state index is 0.0148. The van der Waals surface area contributed by atoms with Crippen LogP contribution in [0.1, 0.15) is 93.2 Å². The van der Waals surface area contributed by atoms with Crippen LogP contribution in [0.25, 0.3) is 21.8 Å². The standard InChI is InChI=1S/2C27H31F5N4O.C4H8O4.C4H10O2/c2*1-16-9-20-19-5-2-3-6-23(19)34-25(20)26(36(16)14-27(31,32)15-37)24-21(29)10-17(11-22(24)30)33-18-12-35(13-18)8-4-7-28;1-2(5)3(6)4(7)8;1-3(5)4(2)6/h2*2-3,5-6,10-11,16,18,26,33-34,37H,4,7-9,12-15H2,1H3;2-3,5-6H,1H3,(H,7,8);3-6H,1-2H3/t2*16-,26-;2-,3+;3-,4-/m1100/s1. The maximum atomic E-state index is 15.7. The minimum atomic E-state index is -3.44. The number of halogens is 10. The van der Waals surface area contributed by atoms with E-state index in [1.807, 2.05) is 48.5 Å². The Labute approximate surface area is 503 Å². The first kappa shape index (κ1) is 69.4. The fourth-order valence-corrected chi connectivity index (χ4v) is 11.6. The van der Waals surface area contributed by atoms with Gasteiger partial charge >= 0.3 is 5.97 Å². The lowest BCUT2D eigenvalue weighted by molar-refractivity contribution is -0.151. The van der Waals surface area contributed by atoms with E-state index in [0.717, 1.165) is 32.9 Å². The number of nitrogens with one attached hydrogen (secondary N) is 4. The number of aliphatic carboxylic acids is 1. The number of alkyl halides is 6. The fourth-order valence-electron chi connectivity index (χ4n) is 11.6. The predicted octanol–water partition coefficient (Wildman–Crippen LogP) is 8.29. The summed E-state index contributed by atoms with van der Waals surface area (Å²) >= 11 is 0. The van der Waals surface area contributed by atoms with Crippen molar-refractivity contribution < 1.29 is 84.4 Å². The lowest BCUT2D eigenvalue weighted by Crippen LogP contribution is -2.54. The third kappa shape index (κ3) is 16.8. The molecule has 6 heterocycles. The van der Waals surface area contributed by atoms with Gasteiger partial charge in [-0.15, -0.1) is 0 Å². The quantitative estimate of drug-likeness (QED) is 0.0305. The number of benzene rings is 4. The van der Waals surface area contributed by atoms with Crippen LogP contribution < -0.4 is 10.6 Å². The van der Waals surface area contributed by atoms with Gasteiger partial charge in [0.15, 0.2) is 6.10 Å². The van der Waals surface area contributed by atoms with Gasteiger partial charge in [0.1, 0.15) is 36.5 Å². The Morgan fingerprint density at radius 1 is 0.591 bits per heavy atom. The van der Waals surface area contributed by atoms with Crippen LogP contribution >= 0.6 is 0 Å². The number of carbonyl (C=O) groups is 1. The number of nitrogens with zero attached hydrogens (tertiary/aromatic N) is 4. The van der Waals surface area contributed by atoms with Crippen LogP contribution in [0.4, 0.5) is 55.3 Å². The van der Waals surface area contributed by atoms with Crippen molar-refractivity contribution in [1.29, 1.82) is 0 Å². The summed E-state index contributed by atoms with van der Waals surface area (Å²) in [6.45, 7) is 6.48. The normalized spacial score (nSPS) is 20.8. The summed E-state index contributed by atoms with van der Waals surface area (Å²) in [5, 5.41) is 67.9. The summed E-state index contributed by atoms with van der Waals surface area (Å²) in [6.07, 6.45) is -2.31. The van der Waals surface area contributed by atoms with Crippen LogP contribution in [-0.2, 0) is 17.6 Å². The first-order valence-electron chi connectivity index (χ1n) is 29.3. The molecule has 4 aliphatic rings. The Morgan fingerprint density at radius 2 is 0.932 bits per heavy atom. The van der Waals surface area contributed by atoms with E-state index < -0.39 is 116 Å². The van der Waals surface area contributed by atoms with E-state index in [-0.39, 0.29) is 47.9 Å². The Bertz CT molecular complexity index is 3010. The summed E-state index contributed by atoms with van der Waals surface area (Å²) in [5.41, 5.74) is 4.10. The number of carboxylic acid groups (broad SMARTS) is 1. The first-order valence-corrected chi connectivity index (χ1v) is 29.3. The Morgan fingerprint density at radius 3 is 1.22 bits per heavy atom. The van der Waals surface area contributed by atoms with Gasteiger partial charge in [-0.2, -0.15) is 0 Å². The monoisotopic (exact) mass is 1250 g/mol. The summed E-state index contributed by atoms with van der Waals surface area (Å²) in [5.74, 6) is -11.6. The number of para-hydroxylation sites is 2. The molecular formula is C62H80F10N8O8. The second kappa shape index (κ2) is 30.2. The number of rotatable bonds is 21.